The molecule has 6 rings (SSSR count). The molecule has 0 saturated carbocycles. The maximum atomic E-state index is 15.6. The molecule has 49 heavy (non-hydrogen) atoms. The van der Waals surface area contributed by atoms with E-state index in [4.69, 9.17) is 22.1 Å². The van der Waals surface area contributed by atoms with Gasteiger partial charge in [-0.1, -0.05) is 24.3 Å². The van der Waals surface area contributed by atoms with E-state index in [1.54, 1.807) is 33.8 Å². The first-order chi connectivity index (χ1) is 23.4. The number of carbonyl (C=O) groups is 1. The number of hydrogen-bond donors (Lipinski definition) is 1. The van der Waals surface area contributed by atoms with Gasteiger partial charge in [0.2, 0.25) is 5.70 Å². The number of likely N-dealkylation sites (tertiary alicyclic amines) is 1. The van der Waals surface area contributed by atoms with Crippen molar-refractivity contribution < 1.29 is 13.9 Å². The highest BCUT2D eigenvalue weighted by Gasteiger charge is 2.36. The number of rotatable bonds is 8. The SMILES string of the molecule is [C-]#[N+]/C(=C\C(C)(C)N1CCN(C(C)(C)C)CC1)C(=O)N1CCC[C@@H]1Cn1nc(-c2ccc(Oc3ccccc3)cc2F)c2c(N)ncnc21. The lowest BCUT2D eigenvalue weighted by molar-refractivity contribution is -0.127. The quantitative estimate of drug-likeness (QED) is 0.181. The molecule has 256 valence electrons. The predicted octanol–water partition coefficient (Wildman–Crippen LogP) is 6.00. The van der Waals surface area contributed by atoms with E-state index in [9.17, 15) is 4.79 Å². The number of nitrogens with zero attached hydrogens (tertiary/aromatic N) is 8. The van der Waals surface area contributed by atoms with Gasteiger partial charge in [-0.3, -0.25) is 14.6 Å². The molecule has 12 heteroatoms. The molecule has 2 aromatic heterocycles. The van der Waals surface area contributed by atoms with Gasteiger partial charge >= 0.3 is 0 Å². The fourth-order valence-electron chi connectivity index (χ4n) is 6.88. The van der Waals surface area contributed by atoms with E-state index in [1.807, 2.05) is 24.3 Å². The molecule has 2 fully saturated rings. The largest absolute Gasteiger partial charge is 0.457 e. The molecule has 2 saturated heterocycles. The number of carbonyl (C=O) groups excluding carboxylic acids is 1. The van der Waals surface area contributed by atoms with Crippen LogP contribution in [0.5, 0.6) is 11.5 Å². The van der Waals surface area contributed by atoms with E-state index in [2.05, 4.69) is 59.2 Å². The van der Waals surface area contributed by atoms with Crippen LogP contribution in [0.15, 0.2) is 66.6 Å². The lowest BCUT2D eigenvalue weighted by Gasteiger charge is -2.47. The average Bonchev–Trinajstić information content (AvgIpc) is 3.69. The van der Waals surface area contributed by atoms with Crippen LogP contribution < -0.4 is 10.5 Å². The Hall–Kier alpha value is -4.86. The summed E-state index contributed by atoms with van der Waals surface area (Å²) in [6.07, 6.45) is 4.70. The van der Waals surface area contributed by atoms with Crippen molar-refractivity contribution in [2.75, 3.05) is 38.5 Å². The second kappa shape index (κ2) is 13.6. The topological polar surface area (TPSA) is 110 Å². The van der Waals surface area contributed by atoms with Gasteiger partial charge in [-0.15, -0.1) is 0 Å². The van der Waals surface area contributed by atoms with Gasteiger partial charge in [-0.25, -0.2) is 23.9 Å². The zero-order chi connectivity index (χ0) is 34.9. The number of para-hydroxylation sites is 1. The molecular formula is C37H44FN9O2. The van der Waals surface area contributed by atoms with Crippen molar-refractivity contribution in [1.82, 2.24) is 34.4 Å². The minimum absolute atomic E-state index is 0.100. The minimum atomic E-state index is -0.532. The first kappa shape index (κ1) is 34.0. The van der Waals surface area contributed by atoms with Crippen LogP contribution in [0.1, 0.15) is 47.5 Å². The summed E-state index contributed by atoms with van der Waals surface area (Å²) >= 11 is 0. The van der Waals surface area contributed by atoms with Gasteiger partial charge in [0.1, 0.15) is 35.2 Å². The molecule has 2 aliphatic heterocycles. The van der Waals surface area contributed by atoms with Gasteiger partial charge in [0.15, 0.2) is 5.65 Å². The molecule has 0 spiro atoms. The van der Waals surface area contributed by atoms with Crippen LogP contribution in [0, 0.1) is 12.4 Å². The summed E-state index contributed by atoms with van der Waals surface area (Å²) in [5.74, 6) is 0.300. The molecule has 11 nitrogen and oxygen atoms in total. The highest BCUT2D eigenvalue weighted by atomic mass is 19.1. The Labute approximate surface area is 287 Å². The molecular weight excluding hydrogens is 621 g/mol. The summed E-state index contributed by atoms with van der Waals surface area (Å²) in [6, 6.07) is 13.5. The maximum absolute atomic E-state index is 15.6. The number of benzene rings is 2. The molecule has 4 aromatic rings. The number of fused-ring (bicyclic) bond motifs is 1. The van der Waals surface area contributed by atoms with E-state index < -0.39 is 11.4 Å². The summed E-state index contributed by atoms with van der Waals surface area (Å²) in [6.45, 7) is 23.2. The van der Waals surface area contributed by atoms with Gasteiger partial charge in [0.05, 0.1) is 24.5 Å². The van der Waals surface area contributed by atoms with Gasteiger partial charge in [0, 0.05) is 55.4 Å². The zero-order valence-electron chi connectivity index (χ0n) is 28.9. The van der Waals surface area contributed by atoms with Crippen LogP contribution in [0.25, 0.3) is 27.1 Å². The number of hydrogen-bond acceptors (Lipinski definition) is 8. The van der Waals surface area contributed by atoms with Gasteiger partial charge < -0.3 is 15.4 Å². The smallest absolute Gasteiger partial charge is 0.252 e. The number of nitrogen functional groups attached to an aromatic ring is 1. The Morgan fingerprint density at radius 3 is 2.41 bits per heavy atom. The van der Waals surface area contributed by atoms with Gasteiger partial charge in [-0.2, -0.15) is 5.10 Å². The molecule has 0 unspecified atom stereocenters. The van der Waals surface area contributed by atoms with Crippen molar-refractivity contribution in [1.29, 1.82) is 0 Å². The van der Waals surface area contributed by atoms with Crippen LogP contribution in [-0.2, 0) is 11.3 Å². The molecule has 1 amide bonds. The number of ether oxygens (including phenoxy) is 1. The summed E-state index contributed by atoms with van der Waals surface area (Å²) in [5.41, 5.74) is 7.05. The molecule has 0 bridgehead atoms. The van der Waals surface area contributed by atoms with Crippen LogP contribution >= 0.6 is 0 Å². The van der Waals surface area contributed by atoms with Crippen molar-refractivity contribution in [3.63, 3.8) is 0 Å². The molecule has 0 aliphatic carbocycles. The van der Waals surface area contributed by atoms with Gasteiger partial charge in [0.25, 0.3) is 5.91 Å². The number of piperazine rings is 1. The highest BCUT2D eigenvalue weighted by Crippen LogP contribution is 2.35. The Kier molecular flexibility index (Phi) is 9.42. The molecule has 4 heterocycles. The monoisotopic (exact) mass is 665 g/mol. The lowest BCUT2D eigenvalue weighted by atomic mass is 9.97. The van der Waals surface area contributed by atoms with Crippen molar-refractivity contribution in [3.05, 3.63) is 83.9 Å². The van der Waals surface area contributed by atoms with E-state index in [-0.39, 0.29) is 34.6 Å². The van der Waals surface area contributed by atoms with Crippen LogP contribution in [0.4, 0.5) is 10.2 Å². The molecule has 1 atom stereocenters. The molecule has 0 radical (unpaired) electrons. The third-order valence-corrected chi connectivity index (χ3v) is 9.63. The van der Waals surface area contributed by atoms with E-state index in [0.29, 0.717) is 41.3 Å². The van der Waals surface area contributed by atoms with Crippen molar-refractivity contribution in [3.8, 4) is 22.8 Å². The summed E-state index contributed by atoms with van der Waals surface area (Å²) in [4.78, 5) is 32.9. The number of nitrogens with two attached hydrogens (primary N) is 1. The highest BCUT2D eigenvalue weighted by molar-refractivity contribution is 5.98. The maximum Gasteiger partial charge on any atom is 0.252 e. The summed E-state index contributed by atoms with van der Waals surface area (Å²) in [5, 5.41) is 5.22. The zero-order valence-corrected chi connectivity index (χ0v) is 28.9. The molecule has 2 aromatic carbocycles. The van der Waals surface area contributed by atoms with E-state index in [1.165, 1.54) is 12.4 Å². The second-order valence-corrected chi connectivity index (χ2v) is 14.3. The van der Waals surface area contributed by atoms with Crippen molar-refractivity contribution >= 4 is 22.8 Å². The van der Waals surface area contributed by atoms with Gasteiger partial charge in [-0.05, 0) is 71.7 Å². The number of anilines is 1. The number of halogens is 1. The minimum Gasteiger partial charge on any atom is -0.457 e. The van der Waals surface area contributed by atoms with Crippen molar-refractivity contribution in [2.24, 2.45) is 0 Å². The van der Waals surface area contributed by atoms with Crippen LogP contribution in [0.2, 0.25) is 0 Å². The Morgan fingerprint density at radius 1 is 1.02 bits per heavy atom. The fraction of sp³-hybridized carbons (Fsp3) is 0.432. The Morgan fingerprint density at radius 2 is 1.73 bits per heavy atom. The summed E-state index contributed by atoms with van der Waals surface area (Å²) in [7, 11) is 0. The predicted molar refractivity (Wildman–Crippen MR) is 188 cm³/mol. The standard InChI is InChI=1S/C37H44FN9O2/c1-36(2,3)44-17-19-45(20-18-44)37(4,5)22-30(40-6)35(48)46-16-10-11-25(46)23-47-34-31(33(39)41-24-42-34)32(43-47)28-15-14-27(21-29(28)38)49-26-12-8-7-9-13-26/h7-9,12-15,21-22,24-25H,10-11,16-20,23H2,1-5H3,(H2,39,41,42)/b30-22-/t25-/m1/s1. The second-order valence-electron chi connectivity index (χ2n) is 14.3. The number of amides is 1. The molecule has 2 aliphatic rings. The Bertz CT molecular complexity index is 1900. The van der Waals surface area contributed by atoms with Crippen LogP contribution in [-0.4, -0.2) is 90.2 Å². The summed E-state index contributed by atoms with van der Waals surface area (Å²) < 4.78 is 23.1. The lowest BCUT2D eigenvalue weighted by Crippen LogP contribution is -2.58. The third kappa shape index (κ3) is 7.14. The average molecular weight is 666 g/mol. The first-order valence-electron chi connectivity index (χ1n) is 16.8. The van der Waals surface area contributed by atoms with E-state index >= 15 is 4.39 Å². The Balaban J connectivity index is 1.23. The number of aromatic nitrogens is 4. The fourth-order valence-corrected chi connectivity index (χ4v) is 6.88. The molecule has 2 N–H and O–H groups in total. The van der Waals surface area contributed by atoms with Crippen LogP contribution in [0.3, 0.4) is 0 Å². The van der Waals surface area contributed by atoms with E-state index in [0.717, 1.165) is 39.0 Å². The third-order valence-electron chi connectivity index (χ3n) is 9.63. The normalized spacial score (nSPS) is 18.2. The van der Waals surface area contributed by atoms with Crippen molar-refractivity contribution in [2.45, 2.75) is 71.1 Å². The first-order valence-corrected chi connectivity index (χ1v) is 16.8.